The van der Waals surface area contributed by atoms with E-state index in [1.54, 1.807) is 0 Å². The Bertz CT molecular complexity index is 1110. The number of H-pyrrole nitrogens is 1. The molecule has 0 bridgehead atoms. The largest absolute Gasteiger partial charge is 0.467 e. The maximum absolute atomic E-state index is 12.5. The second kappa shape index (κ2) is 9.40. The number of imidazole rings is 1. The Balaban J connectivity index is 2.19. The molecule has 0 saturated carbocycles. The van der Waals surface area contributed by atoms with Gasteiger partial charge in [0.05, 0.1) is 19.8 Å². The van der Waals surface area contributed by atoms with E-state index < -0.39 is 54.5 Å². The Morgan fingerprint density at radius 3 is 2.19 bits per heavy atom. The number of carbonyl (C=O) groups excluding carboxylic acids is 4. The van der Waals surface area contributed by atoms with Crippen molar-refractivity contribution >= 4 is 47.3 Å². The van der Waals surface area contributed by atoms with Crippen molar-refractivity contribution in [3.63, 3.8) is 0 Å². The van der Waals surface area contributed by atoms with Crippen LogP contribution in [0.1, 0.15) is 27.0 Å². The number of nitrogens with zero attached hydrogens (tertiary/aromatic N) is 3. The van der Waals surface area contributed by atoms with Crippen LogP contribution in [-0.4, -0.2) is 74.9 Å². The predicted octanol–water partition coefficient (Wildman–Crippen LogP) is 0.354. The van der Waals surface area contributed by atoms with Crippen molar-refractivity contribution in [2.24, 2.45) is 0 Å². The molecule has 3 heterocycles. The normalized spacial score (nSPS) is 25.1. The topological polar surface area (TPSA) is 161 Å². The smallest absolute Gasteiger partial charge is 0.339 e. The van der Waals surface area contributed by atoms with Crippen molar-refractivity contribution in [2.75, 3.05) is 7.11 Å². The predicted molar refractivity (Wildman–Crippen MR) is 105 cm³/mol. The molecule has 0 radical (unpaired) electrons. The summed E-state index contributed by atoms with van der Waals surface area (Å²) in [4.78, 5) is 59.0. The maximum Gasteiger partial charge on any atom is 0.339 e. The highest BCUT2D eigenvalue weighted by molar-refractivity contribution is 7.71. The number of aromatic amines is 1. The molecule has 0 amide bonds. The van der Waals surface area contributed by atoms with Crippen LogP contribution in [0.3, 0.4) is 0 Å². The molecule has 2 aromatic heterocycles. The Hall–Kier alpha value is -3.39. The molecule has 1 N–H and O–H groups in total. The number of methoxy groups -OCH3 is 1. The van der Waals surface area contributed by atoms with Gasteiger partial charge in [0, 0.05) is 20.8 Å². The van der Waals surface area contributed by atoms with Crippen molar-refractivity contribution in [1.82, 2.24) is 19.5 Å². The zero-order valence-electron chi connectivity index (χ0n) is 17.5. The van der Waals surface area contributed by atoms with Gasteiger partial charge in [-0.2, -0.15) is 0 Å². The van der Waals surface area contributed by atoms with E-state index >= 15 is 0 Å². The van der Waals surface area contributed by atoms with E-state index in [-0.39, 0.29) is 4.64 Å². The molecule has 5 atom stereocenters. The molecule has 1 aliphatic heterocycles. The second-order valence-electron chi connectivity index (χ2n) is 6.75. The molecule has 0 spiro atoms. The lowest BCUT2D eigenvalue weighted by Gasteiger charge is -2.43. The zero-order valence-corrected chi connectivity index (χ0v) is 18.3. The molecule has 3 rings (SSSR count). The van der Waals surface area contributed by atoms with Crippen LogP contribution in [0.4, 0.5) is 0 Å². The summed E-state index contributed by atoms with van der Waals surface area (Å²) < 4.78 is 28.3. The molecule has 13 nitrogen and oxygen atoms in total. The molecule has 0 aromatic carbocycles. The molecule has 172 valence electrons. The lowest BCUT2D eigenvalue weighted by Crippen LogP contribution is -2.61. The van der Waals surface area contributed by atoms with Gasteiger partial charge in [0.25, 0.3) is 0 Å². The third-order valence-corrected chi connectivity index (χ3v) is 4.81. The van der Waals surface area contributed by atoms with Crippen LogP contribution in [0, 0.1) is 4.64 Å². The van der Waals surface area contributed by atoms with Crippen LogP contribution >= 0.6 is 12.2 Å². The lowest BCUT2D eigenvalue weighted by molar-refractivity contribution is -0.262. The average Bonchev–Trinajstić information content (AvgIpc) is 3.14. The fourth-order valence-corrected chi connectivity index (χ4v) is 3.59. The molecule has 1 aliphatic rings. The third kappa shape index (κ3) is 4.60. The zero-order chi connectivity index (χ0) is 23.6. The highest BCUT2D eigenvalue weighted by Gasteiger charge is 2.55. The van der Waals surface area contributed by atoms with E-state index in [1.807, 2.05) is 0 Å². The fraction of sp³-hybridized carbons (Fsp3) is 0.500. The van der Waals surface area contributed by atoms with Gasteiger partial charge in [-0.25, -0.2) is 14.8 Å². The Kier molecular flexibility index (Phi) is 6.84. The Morgan fingerprint density at radius 2 is 1.59 bits per heavy atom. The molecule has 2 aromatic rings. The van der Waals surface area contributed by atoms with Crippen LogP contribution in [0.25, 0.3) is 11.2 Å². The van der Waals surface area contributed by atoms with Crippen molar-refractivity contribution < 1.29 is 42.9 Å². The Labute approximate surface area is 186 Å². The first-order valence-electron chi connectivity index (χ1n) is 9.29. The molecule has 0 aliphatic carbocycles. The van der Waals surface area contributed by atoms with Crippen LogP contribution in [0.15, 0.2) is 12.7 Å². The van der Waals surface area contributed by atoms with Gasteiger partial charge in [-0.05, 0) is 0 Å². The van der Waals surface area contributed by atoms with Crippen molar-refractivity contribution in [2.45, 2.75) is 51.4 Å². The molecule has 0 unspecified atom stereocenters. The average molecular weight is 468 g/mol. The molecule has 1 saturated heterocycles. The van der Waals surface area contributed by atoms with Gasteiger partial charge in [-0.15, -0.1) is 0 Å². The molecular formula is C18H20N4O9S. The van der Waals surface area contributed by atoms with Gasteiger partial charge in [-0.1, -0.05) is 12.2 Å². The molecular weight excluding hydrogens is 448 g/mol. The number of esters is 4. The number of aromatic nitrogens is 4. The first-order valence-corrected chi connectivity index (χ1v) is 9.70. The van der Waals surface area contributed by atoms with Gasteiger partial charge in [0.1, 0.15) is 11.2 Å². The number of ether oxygens (including phenoxy) is 5. The highest BCUT2D eigenvalue weighted by Crippen LogP contribution is 2.36. The third-order valence-electron chi connectivity index (χ3n) is 4.51. The van der Waals surface area contributed by atoms with E-state index in [4.69, 9.17) is 35.9 Å². The first-order chi connectivity index (χ1) is 15.1. The van der Waals surface area contributed by atoms with Gasteiger partial charge in [0.2, 0.25) is 0 Å². The van der Waals surface area contributed by atoms with Gasteiger partial charge >= 0.3 is 23.9 Å². The summed E-state index contributed by atoms with van der Waals surface area (Å²) in [7, 11) is 1.11. The monoisotopic (exact) mass is 468 g/mol. The minimum absolute atomic E-state index is 0.191. The van der Waals surface area contributed by atoms with Gasteiger partial charge in [0.15, 0.2) is 35.3 Å². The number of hydrogen-bond donors (Lipinski definition) is 1. The molecule has 1 fully saturated rings. The minimum atomic E-state index is -1.52. The Morgan fingerprint density at radius 1 is 1.00 bits per heavy atom. The lowest BCUT2D eigenvalue weighted by atomic mass is 9.96. The first kappa shape index (κ1) is 23.3. The SMILES string of the molecule is COC(=O)[C@@H]1O[C@H](n2cnc3c(=S)nc[nH]c32)[C@H](OC(C)=O)[C@H](OC(C)=O)[C@H]1OC(C)=O. The number of nitrogens with one attached hydrogen (secondary N) is 1. The van der Waals surface area contributed by atoms with Crippen molar-refractivity contribution in [3.05, 3.63) is 17.3 Å². The van der Waals surface area contributed by atoms with Crippen LogP contribution in [0.5, 0.6) is 0 Å². The summed E-state index contributed by atoms with van der Waals surface area (Å²) in [5.74, 6) is -3.20. The highest BCUT2D eigenvalue weighted by atomic mass is 32.1. The minimum Gasteiger partial charge on any atom is -0.467 e. The summed E-state index contributed by atoms with van der Waals surface area (Å²) in [6.07, 6.45) is -4.33. The number of fused-ring (bicyclic) bond motifs is 1. The second-order valence-corrected chi connectivity index (χ2v) is 7.14. The van der Waals surface area contributed by atoms with Crippen LogP contribution < -0.4 is 0 Å². The summed E-state index contributed by atoms with van der Waals surface area (Å²) >= 11 is 5.16. The van der Waals surface area contributed by atoms with Gasteiger partial charge < -0.3 is 28.7 Å². The summed E-state index contributed by atoms with van der Waals surface area (Å²) in [6.45, 7) is 3.35. The van der Waals surface area contributed by atoms with E-state index in [2.05, 4.69) is 15.0 Å². The van der Waals surface area contributed by atoms with Crippen LogP contribution in [0.2, 0.25) is 0 Å². The number of carbonyl (C=O) groups is 4. The quantitative estimate of drug-likeness (QED) is 0.365. The number of hydrogen-bond acceptors (Lipinski definition) is 12. The molecule has 14 heteroatoms. The van der Waals surface area contributed by atoms with E-state index in [9.17, 15) is 19.2 Å². The molecule has 32 heavy (non-hydrogen) atoms. The summed E-state index contributed by atoms with van der Waals surface area (Å²) in [5, 5.41) is 0. The standard InChI is InChI=1S/C18H20N4O9S/c1-7(23)28-11-12(29-8(2)24)14(18(26)27-4)31-17(13(11)30-9(3)25)22-6-21-10-15(22)19-5-20-16(10)32/h5-6,11-14,17H,1-4H3,(H,19,20,32)/t11-,12-,13-,14-,17+/m1/s1. The number of rotatable bonds is 5. The van der Waals surface area contributed by atoms with Crippen molar-refractivity contribution in [1.29, 1.82) is 0 Å². The fourth-order valence-electron chi connectivity index (χ4n) is 3.39. The van der Waals surface area contributed by atoms with Crippen LogP contribution in [-0.2, 0) is 42.9 Å². The van der Waals surface area contributed by atoms with Crippen molar-refractivity contribution in [3.8, 4) is 0 Å². The maximum atomic E-state index is 12.5. The summed E-state index contributed by atoms with van der Waals surface area (Å²) in [6, 6.07) is 0. The van der Waals surface area contributed by atoms with E-state index in [0.717, 1.165) is 27.9 Å². The van der Waals surface area contributed by atoms with E-state index in [1.165, 1.54) is 17.2 Å². The van der Waals surface area contributed by atoms with E-state index in [0.29, 0.717) is 11.2 Å². The summed E-state index contributed by atoms with van der Waals surface area (Å²) in [5.41, 5.74) is 0.650. The van der Waals surface area contributed by atoms with Gasteiger partial charge in [-0.3, -0.25) is 19.0 Å².